The smallest absolute Gasteiger partial charge is 0.241 e. The van der Waals surface area contributed by atoms with E-state index in [9.17, 15) is 13.2 Å². The van der Waals surface area contributed by atoms with Gasteiger partial charge in [-0.05, 0) is 44.4 Å². The first-order valence-electron chi connectivity index (χ1n) is 6.97. The minimum Gasteiger partial charge on any atom is -0.341 e. The highest BCUT2D eigenvalue weighted by molar-refractivity contribution is 9.10. The van der Waals surface area contributed by atoms with Crippen LogP contribution in [0.1, 0.15) is 26.2 Å². The minimum absolute atomic E-state index is 0.148. The van der Waals surface area contributed by atoms with Crippen molar-refractivity contribution in [1.82, 2.24) is 9.62 Å². The zero-order chi connectivity index (χ0) is 15.5. The van der Waals surface area contributed by atoms with Gasteiger partial charge >= 0.3 is 0 Å². The summed E-state index contributed by atoms with van der Waals surface area (Å²) in [5, 5.41) is 0. The van der Waals surface area contributed by atoms with E-state index in [1.165, 1.54) is 12.1 Å². The second-order valence-corrected chi connectivity index (χ2v) is 7.82. The molecule has 1 atom stereocenters. The van der Waals surface area contributed by atoms with Crippen LogP contribution in [0.4, 0.5) is 0 Å². The molecule has 1 aliphatic heterocycles. The molecule has 0 aromatic heterocycles. The molecular weight excluding hydrogens is 356 g/mol. The van der Waals surface area contributed by atoms with Gasteiger partial charge in [-0.2, -0.15) is 4.72 Å². The number of halogens is 1. The Labute approximate surface area is 133 Å². The lowest BCUT2D eigenvalue weighted by Crippen LogP contribution is -2.48. The van der Waals surface area contributed by atoms with E-state index in [4.69, 9.17) is 0 Å². The molecule has 1 fully saturated rings. The van der Waals surface area contributed by atoms with Gasteiger partial charge in [0.2, 0.25) is 15.9 Å². The van der Waals surface area contributed by atoms with Crippen molar-refractivity contribution in [2.45, 2.75) is 37.1 Å². The highest BCUT2D eigenvalue weighted by Crippen LogP contribution is 2.17. The van der Waals surface area contributed by atoms with Gasteiger partial charge in [-0.25, -0.2) is 8.42 Å². The van der Waals surface area contributed by atoms with Crippen LogP contribution in [-0.4, -0.2) is 38.4 Å². The van der Waals surface area contributed by atoms with E-state index in [1.54, 1.807) is 24.0 Å². The highest BCUT2D eigenvalue weighted by Gasteiger charge is 2.26. The summed E-state index contributed by atoms with van der Waals surface area (Å²) in [7, 11) is -3.69. The Kier molecular flexibility index (Phi) is 5.40. The van der Waals surface area contributed by atoms with E-state index >= 15 is 0 Å². The number of likely N-dealkylation sites (tertiary alicyclic amines) is 1. The lowest BCUT2D eigenvalue weighted by atomic mass is 10.1. The summed E-state index contributed by atoms with van der Waals surface area (Å²) >= 11 is 3.24. The monoisotopic (exact) mass is 374 g/mol. The highest BCUT2D eigenvalue weighted by atomic mass is 79.9. The first-order chi connectivity index (χ1) is 9.90. The number of hydrogen-bond donors (Lipinski definition) is 1. The van der Waals surface area contributed by atoms with Crippen molar-refractivity contribution in [1.29, 1.82) is 0 Å². The number of sulfonamides is 1. The molecule has 0 spiro atoms. The van der Waals surface area contributed by atoms with Crippen LogP contribution in [0.5, 0.6) is 0 Å². The third-order valence-electron chi connectivity index (χ3n) is 3.48. The van der Waals surface area contributed by atoms with Crippen LogP contribution in [0.25, 0.3) is 0 Å². The molecule has 0 aliphatic carbocycles. The van der Waals surface area contributed by atoms with Gasteiger partial charge < -0.3 is 4.90 Å². The van der Waals surface area contributed by atoms with Crippen molar-refractivity contribution in [2.24, 2.45) is 0 Å². The topological polar surface area (TPSA) is 66.5 Å². The van der Waals surface area contributed by atoms with Gasteiger partial charge in [0.1, 0.15) is 0 Å². The second-order valence-electron chi connectivity index (χ2n) is 5.19. The Balaban J connectivity index is 2.07. The van der Waals surface area contributed by atoms with Gasteiger partial charge in [0.25, 0.3) is 0 Å². The lowest BCUT2D eigenvalue weighted by molar-refractivity contribution is -0.133. The molecule has 116 valence electrons. The van der Waals surface area contributed by atoms with Crippen molar-refractivity contribution in [2.75, 3.05) is 13.1 Å². The van der Waals surface area contributed by atoms with Crippen molar-refractivity contribution in [3.05, 3.63) is 28.7 Å². The fraction of sp³-hybridized carbons (Fsp3) is 0.500. The molecule has 0 bridgehead atoms. The Bertz CT molecular complexity index is 612. The summed E-state index contributed by atoms with van der Waals surface area (Å²) in [6.07, 6.45) is 3.09. The Morgan fingerprint density at radius 1 is 1.29 bits per heavy atom. The van der Waals surface area contributed by atoms with Crippen molar-refractivity contribution < 1.29 is 13.2 Å². The molecular formula is C14H19BrN2O3S. The average Bonchev–Trinajstić information content (AvgIpc) is 2.47. The van der Waals surface area contributed by atoms with Crippen LogP contribution in [0.2, 0.25) is 0 Å². The van der Waals surface area contributed by atoms with Gasteiger partial charge in [0.15, 0.2) is 0 Å². The number of piperidine rings is 1. The Hall–Kier alpha value is -0.920. The molecule has 1 N–H and O–H groups in total. The predicted molar refractivity (Wildman–Crippen MR) is 84.4 cm³/mol. The molecule has 1 saturated heterocycles. The maximum Gasteiger partial charge on any atom is 0.241 e. The van der Waals surface area contributed by atoms with Gasteiger partial charge in [0.05, 0.1) is 10.9 Å². The second kappa shape index (κ2) is 6.89. The summed E-state index contributed by atoms with van der Waals surface area (Å²) in [6.45, 7) is 3.01. The van der Waals surface area contributed by atoms with Crippen LogP contribution < -0.4 is 4.72 Å². The number of benzene rings is 1. The number of hydrogen-bond acceptors (Lipinski definition) is 3. The number of nitrogens with one attached hydrogen (secondary N) is 1. The predicted octanol–water partition coefficient (Wildman–Crippen LogP) is 2.13. The van der Waals surface area contributed by atoms with Gasteiger partial charge in [-0.3, -0.25) is 4.79 Å². The number of nitrogens with zero attached hydrogens (tertiary/aromatic N) is 1. The molecule has 1 aromatic rings. The summed E-state index contributed by atoms with van der Waals surface area (Å²) < 4.78 is 27.7. The molecule has 1 aromatic carbocycles. The number of amides is 1. The third kappa shape index (κ3) is 4.28. The molecule has 1 amide bonds. The number of rotatable bonds is 4. The molecule has 21 heavy (non-hydrogen) atoms. The van der Waals surface area contributed by atoms with Crippen molar-refractivity contribution >= 4 is 31.9 Å². The van der Waals surface area contributed by atoms with Gasteiger partial charge in [0, 0.05) is 17.6 Å². The number of carbonyl (C=O) groups excluding carboxylic acids is 1. The SMILES string of the molecule is CC(NS(=O)(=O)c1cccc(Br)c1)C(=O)N1CCCCC1. The average molecular weight is 375 g/mol. The Morgan fingerprint density at radius 2 is 1.95 bits per heavy atom. The minimum atomic E-state index is -3.69. The van der Waals surface area contributed by atoms with Crippen LogP contribution in [0.3, 0.4) is 0 Å². The summed E-state index contributed by atoms with van der Waals surface area (Å²) in [6, 6.07) is 5.66. The fourth-order valence-corrected chi connectivity index (χ4v) is 4.17. The van der Waals surface area contributed by atoms with Crippen LogP contribution >= 0.6 is 15.9 Å². The van der Waals surface area contributed by atoms with Crippen molar-refractivity contribution in [3.63, 3.8) is 0 Å². The lowest BCUT2D eigenvalue weighted by Gasteiger charge is -2.29. The molecule has 1 unspecified atom stereocenters. The van der Waals surface area contributed by atoms with E-state index < -0.39 is 16.1 Å². The number of carbonyl (C=O) groups is 1. The van der Waals surface area contributed by atoms with Crippen molar-refractivity contribution in [3.8, 4) is 0 Å². The third-order valence-corrected chi connectivity index (χ3v) is 5.51. The van der Waals surface area contributed by atoms with E-state index in [1.807, 2.05) is 0 Å². The normalized spacial score (nSPS) is 17.5. The standard InChI is InChI=1S/C14H19BrN2O3S/c1-11(14(18)17-8-3-2-4-9-17)16-21(19,20)13-7-5-6-12(15)10-13/h5-7,10-11,16H,2-4,8-9H2,1H3. The molecule has 1 aliphatic rings. The zero-order valence-corrected chi connectivity index (χ0v) is 14.3. The summed E-state index contributed by atoms with van der Waals surface area (Å²) in [5.74, 6) is -0.159. The van der Waals surface area contributed by atoms with Crippen LogP contribution in [-0.2, 0) is 14.8 Å². The molecule has 5 nitrogen and oxygen atoms in total. The van der Waals surface area contributed by atoms with E-state index in [-0.39, 0.29) is 10.8 Å². The molecule has 7 heteroatoms. The summed E-state index contributed by atoms with van der Waals surface area (Å²) in [4.78, 5) is 14.1. The van der Waals surface area contributed by atoms with E-state index in [0.717, 1.165) is 19.3 Å². The van der Waals surface area contributed by atoms with Crippen LogP contribution in [0, 0.1) is 0 Å². The first kappa shape index (κ1) is 16.5. The van der Waals surface area contributed by atoms with E-state index in [0.29, 0.717) is 17.6 Å². The molecule has 2 rings (SSSR count). The Morgan fingerprint density at radius 3 is 2.57 bits per heavy atom. The first-order valence-corrected chi connectivity index (χ1v) is 9.24. The van der Waals surface area contributed by atoms with Gasteiger partial charge in [-0.15, -0.1) is 0 Å². The van der Waals surface area contributed by atoms with Gasteiger partial charge in [-0.1, -0.05) is 22.0 Å². The summed E-state index contributed by atoms with van der Waals surface area (Å²) in [5.41, 5.74) is 0. The largest absolute Gasteiger partial charge is 0.341 e. The quantitative estimate of drug-likeness (QED) is 0.877. The van der Waals surface area contributed by atoms with Crippen LogP contribution in [0.15, 0.2) is 33.6 Å². The fourth-order valence-electron chi connectivity index (χ4n) is 2.37. The molecule has 0 radical (unpaired) electrons. The molecule has 1 heterocycles. The molecule has 0 saturated carbocycles. The maximum atomic E-state index is 12.3. The zero-order valence-electron chi connectivity index (χ0n) is 11.9. The van der Waals surface area contributed by atoms with E-state index in [2.05, 4.69) is 20.7 Å². The maximum absolute atomic E-state index is 12.3.